The van der Waals surface area contributed by atoms with Crippen molar-refractivity contribution < 1.29 is 0 Å². The third kappa shape index (κ3) is 7.86. The highest BCUT2D eigenvalue weighted by Crippen LogP contribution is 2.05. The van der Waals surface area contributed by atoms with Crippen molar-refractivity contribution in [3.8, 4) is 0 Å². The molecular formula is C10H23NSi. The molecule has 0 heterocycles. The third-order valence-electron chi connectivity index (χ3n) is 1.44. The molecular weight excluding hydrogens is 162 g/mol. The Morgan fingerprint density at radius 1 is 1.33 bits per heavy atom. The number of hydrogen-bond donors (Lipinski definition) is 1. The molecule has 2 heteroatoms. The van der Waals surface area contributed by atoms with Gasteiger partial charge < -0.3 is 5.32 Å². The molecule has 0 spiro atoms. The van der Waals surface area contributed by atoms with E-state index in [1.165, 1.54) is 5.70 Å². The number of nitrogens with one attached hydrogen (secondary N) is 1. The summed E-state index contributed by atoms with van der Waals surface area (Å²) in [5.41, 5.74) is 3.76. The van der Waals surface area contributed by atoms with Crippen molar-refractivity contribution in [2.45, 2.75) is 40.4 Å². The highest BCUT2D eigenvalue weighted by Gasteiger charge is 2.08. The summed E-state index contributed by atoms with van der Waals surface area (Å²) in [6, 6.07) is 0. The van der Waals surface area contributed by atoms with Crippen LogP contribution in [0.4, 0.5) is 0 Å². The van der Waals surface area contributed by atoms with Gasteiger partial charge in [0.25, 0.3) is 0 Å². The first-order valence-electron chi connectivity index (χ1n) is 4.74. The van der Waals surface area contributed by atoms with E-state index in [2.05, 4.69) is 51.4 Å². The zero-order chi connectivity index (χ0) is 9.78. The summed E-state index contributed by atoms with van der Waals surface area (Å²) >= 11 is 0. The first-order valence-corrected chi connectivity index (χ1v) is 8.32. The lowest BCUT2D eigenvalue weighted by Crippen LogP contribution is -2.23. The summed E-state index contributed by atoms with van der Waals surface area (Å²) < 4.78 is 0. The van der Waals surface area contributed by atoms with Crippen LogP contribution in [0.25, 0.3) is 0 Å². The van der Waals surface area contributed by atoms with Gasteiger partial charge in [-0.2, -0.15) is 0 Å². The van der Waals surface area contributed by atoms with Crippen molar-refractivity contribution in [2.75, 3.05) is 6.54 Å². The van der Waals surface area contributed by atoms with E-state index in [0.29, 0.717) is 0 Å². The summed E-state index contributed by atoms with van der Waals surface area (Å²) in [5.74, 6) is 0.731. The molecule has 0 rings (SSSR count). The third-order valence-corrected chi connectivity index (χ3v) is 2.74. The highest BCUT2D eigenvalue weighted by atomic mass is 28.3. The van der Waals surface area contributed by atoms with Crippen LogP contribution < -0.4 is 5.32 Å². The van der Waals surface area contributed by atoms with Crippen LogP contribution in [0.1, 0.15) is 20.8 Å². The predicted octanol–water partition coefficient (Wildman–Crippen LogP) is 3.01. The van der Waals surface area contributed by atoms with E-state index < -0.39 is 8.07 Å². The quantitative estimate of drug-likeness (QED) is 0.664. The van der Waals surface area contributed by atoms with Gasteiger partial charge in [-0.3, -0.25) is 0 Å². The molecule has 0 aliphatic rings. The fraction of sp³-hybridized carbons (Fsp3) is 0.800. The van der Waals surface area contributed by atoms with Crippen molar-refractivity contribution in [2.24, 2.45) is 5.92 Å². The van der Waals surface area contributed by atoms with Gasteiger partial charge in [0.2, 0.25) is 0 Å². The molecule has 72 valence electrons. The van der Waals surface area contributed by atoms with Crippen LogP contribution in [-0.4, -0.2) is 14.6 Å². The van der Waals surface area contributed by atoms with Crippen LogP contribution >= 0.6 is 0 Å². The second-order valence-corrected chi connectivity index (χ2v) is 9.99. The molecule has 0 aromatic carbocycles. The first kappa shape index (κ1) is 11.8. The van der Waals surface area contributed by atoms with Gasteiger partial charge in [-0.15, -0.1) is 0 Å². The Labute approximate surface area is 78.3 Å². The zero-order valence-corrected chi connectivity index (χ0v) is 10.4. The molecule has 0 atom stereocenters. The second kappa shape index (κ2) is 4.70. The largest absolute Gasteiger partial charge is 0.389 e. The van der Waals surface area contributed by atoms with Crippen LogP contribution in [0.3, 0.4) is 0 Å². The van der Waals surface area contributed by atoms with Crippen molar-refractivity contribution >= 4 is 8.07 Å². The van der Waals surface area contributed by atoms with Gasteiger partial charge in [0, 0.05) is 6.54 Å². The summed E-state index contributed by atoms with van der Waals surface area (Å²) in [4.78, 5) is 0. The second-order valence-electron chi connectivity index (χ2n) is 4.97. The standard InChI is InChI=1S/C10H23NSi/c1-9(2)7-11-10(3)8-12(4,5)6/h8-9,11H,7H2,1-6H3/b10-8+. The maximum Gasteiger partial charge on any atom is 0.0709 e. The van der Waals surface area contributed by atoms with Gasteiger partial charge >= 0.3 is 0 Å². The molecule has 12 heavy (non-hydrogen) atoms. The zero-order valence-electron chi connectivity index (χ0n) is 9.36. The number of allylic oxidation sites excluding steroid dienone is 1. The molecule has 0 unspecified atom stereocenters. The average molecular weight is 185 g/mol. The van der Waals surface area contributed by atoms with E-state index in [4.69, 9.17) is 0 Å². The highest BCUT2D eigenvalue weighted by molar-refractivity contribution is 6.81. The fourth-order valence-electron chi connectivity index (χ4n) is 1.07. The number of rotatable bonds is 4. The van der Waals surface area contributed by atoms with Gasteiger partial charge in [0.05, 0.1) is 8.07 Å². The lowest BCUT2D eigenvalue weighted by Gasteiger charge is -2.14. The molecule has 0 amide bonds. The van der Waals surface area contributed by atoms with Gasteiger partial charge in [-0.05, 0) is 18.5 Å². The van der Waals surface area contributed by atoms with E-state index in [1.807, 2.05) is 0 Å². The lowest BCUT2D eigenvalue weighted by molar-refractivity contribution is 0.597. The van der Waals surface area contributed by atoms with Crippen LogP contribution in [-0.2, 0) is 0 Å². The Balaban J connectivity index is 3.87. The van der Waals surface area contributed by atoms with E-state index in [1.54, 1.807) is 0 Å². The van der Waals surface area contributed by atoms with Crippen LogP contribution in [0, 0.1) is 5.92 Å². The normalized spacial score (nSPS) is 13.8. The maximum atomic E-state index is 3.43. The Morgan fingerprint density at radius 3 is 2.17 bits per heavy atom. The first-order chi connectivity index (χ1) is 5.31. The monoisotopic (exact) mass is 185 g/mol. The van der Waals surface area contributed by atoms with Gasteiger partial charge in [0.1, 0.15) is 0 Å². The minimum absolute atomic E-state index is 0.731. The molecule has 0 aromatic heterocycles. The van der Waals surface area contributed by atoms with Crippen molar-refractivity contribution in [3.63, 3.8) is 0 Å². The van der Waals surface area contributed by atoms with E-state index >= 15 is 0 Å². The van der Waals surface area contributed by atoms with Crippen molar-refractivity contribution in [3.05, 3.63) is 11.4 Å². The summed E-state index contributed by atoms with van der Waals surface area (Å²) in [5, 5.41) is 3.43. The molecule has 0 radical (unpaired) electrons. The Bertz CT molecular complexity index is 154. The van der Waals surface area contributed by atoms with Gasteiger partial charge in [-0.1, -0.05) is 39.2 Å². The minimum Gasteiger partial charge on any atom is -0.389 e. The summed E-state index contributed by atoms with van der Waals surface area (Å²) in [7, 11) is -1.02. The van der Waals surface area contributed by atoms with Crippen LogP contribution in [0.2, 0.25) is 19.6 Å². The Morgan fingerprint density at radius 2 is 1.83 bits per heavy atom. The average Bonchev–Trinajstić information content (AvgIpc) is 1.79. The molecule has 0 bridgehead atoms. The topological polar surface area (TPSA) is 12.0 Å². The Hall–Kier alpha value is -0.243. The maximum absolute atomic E-state index is 3.43. The molecule has 1 N–H and O–H groups in total. The van der Waals surface area contributed by atoms with Crippen LogP contribution in [0.15, 0.2) is 11.4 Å². The SMILES string of the molecule is C/C(=C\[Si](C)(C)C)NCC(C)C. The molecule has 0 aliphatic heterocycles. The lowest BCUT2D eigenvalue weighted by atomic mass is 10.2. The molecule has 0 fully saturated rings. The fourth-order valence-corrected chi connectivity index (χ4v) is 2.47. The van der Waals surface area contributed by atoms with Crippen molar-refractivity contribution in [1.82, 2.24) is 5.32 Å². The number of hydrogen-bond acceptors (Lipinski definition) is 1. The minimum atomic E-state index is -1.02. The van der Waals surface area contributed by atoms with E-state index in [-0.39, 0.29) is 0 Å². The summed E-state index contributed by atoms with van der Waals surface area (Å²) in [6.07, 6.45) is 0. The molecule has 0 aromatic rings. The smallest absolute Gasteiger partial charge is 0.0709 e. The molecule has 0 saturated heterocycles. The van der Waals surface area contributed by atoms with E-state index in [9.17, 15) is 0 Å². The Kier molecular flexibility index (Phi) is 4.61. The predicted molar refractivity (Wildman–Crippen MR) is 59.9 cm³/mol. The van der Waals surface area contributed by atoms with E-state index in [0.717, 1.165) is 12.5 Å². The van der Waals surface area contributed by atoms with Gasteiger partial charge in [0.15, 0.2) is 0 Å². The molecule has 0 saturated carbocycles. The van der Waals surface area contributed by atoms with Gasteiger partial charge in [-0.25, -0.2) is 0 Å². The molecule has 0 aliphatic carbocycles. The van der Waals surface area contributed by atoms with Crippen LogP contribution in [0.5, 0.6) is 0 Å². The molecule has 1 nitrogen and oxygen atoms in total. The van der Waals surface area contributed by atoms with Crippen molar-refractivity contribution in [1.29, 1.82) is 0 Å². The summed E-state index contributed by atoms with van der Waals surface area (Å²) in [6.45, 7) is 14.8.